The molecule has 0 atom stereocenters. The maximum atomic E-state index is 10.9. The second-order valence-electron chi connectivity index (χ2n) is 2.98. The third-order valence-electron chi connectivity index (χ3n) is 1.64. The van der Waals surface area contributed by atoms with Crippen molar-refractivity contribution in [3.8, 4) is 0 Å². The average Bonchev–Trinajstić information content (AvgIpc) is 2.27. The maximum absolute atomic E-state index is 10.9. The first kappa shape index (κ1) is 15.3. The molecule has 0 spiro atoms. The van der Waals surface area contributed by atoms with E-state index in [9.17, 15) is 4.79 Å². The van der Waals surface area contributed by atoms with Crippen molar-refractivity contribution in [2.24, 2.45) is 5.73 Å². The van der Waals surface area contributed by atoms with Gasteiger partial charge in [0, 0.05) is 13.7 Å². The maximum Gasteiger partial charge on any atom is 0.307 e. The number of rotatable bonds is 11. The van der Waals surface area contributed by atoms with Gasteiger partial charge in [0.05, 0.1) is 39.5 Å². The summed E-state index contributed by atoms with van der Waals surface area (Å²) in [5.41, 5.74) is 5.18. The third kappa shape index (κ3) is 11.4. The Kier molecular flexibility index (Phi) is 11.8. The zero-order chi connectivity index (χ0) is 12.1. The summed E-state index contributed by atoms with van der Waals surface area (Å²) >= 11 is 0. The molecule has 0 amide bonds. The van der Waals surface area contributed by atoms with Crippen molar-refractivity contribution in [2.75, 3.05) is 53.3 Å². The van der Waals surface area contributed by atoms with Crippen molar-refractivity contribution in [1.82, 2.24) is 0 Å². The molecule has 0 fully saturated rings. The molecule has 0 aliphatic carbocycles. The lowest BCUT2D eigenvalue weighted by Crippen LogP contribution is -2.15. The van der Waals surface area contributed by atoms with Crippen LogP contribution in [-0.4, -0.2) is 59.3 Å². The van der Waals surface area contributed by atoms with E-state index in [1.807, 2.05) is 0 Å². The van der Waals surface area contributed by atoms with Gasteiger partial charge in [0.15, 0.2) is 0 Å². The summed E-state index contributed by atoms with van der Waals surface area (Å²) in [4.78, 5) is 10.9. The van der Waals surface area contributed by atoms with Gasteiger partial charge in [0.1, 0.15) is 6.61 Å². The summed E-state index contributed by atoms with van der Waals surface area (Å²) in [5, 5.41) is 0. The Morgan fingerprint density at radius 1 is 1.00 bits per heavy atom. The van der Waals surface area contributed by atoms with Crippen molar-refractivity contribution < 1.29 is 23.7 Å². The minimum Gasteiger partial charge on any atom is -0.463 e. The van der Waals surface area contributed by atoms with Gasteiger partial charge in [-0.15, -0.1) is 0 Å². The molecule has 96 valence electrons. The molecule has 0 aromatic rings. The lowest BCUT2D eigenvalue weighted by molar-refractivity contribution is -0.145. The number of esters is 1. The fraction of sp³-hybridized carbons (Fsp3) is 0.900. The number of carbonyl (C=O) groups excluding carboxylic acids is 1. The Morgan fingerprint density at radius 2 is 1.56 bits per heavy atom. The van der Waals surface area contributed by atoms with Crippen molar-refractivity contribution in [3.05, 3.63) is 0 Å². The molecular weight excluding hydrogens is 214 g/mol. The van der Waals surface area contributed by atoms with Crippen LogP contribution in [0.25, 0.3) is 0 Å². The molecule has 0 radical (unpaired) electrons. The predicted molar refractivity (Wildman–Crippen MR) is 58.1 cm³/mol. The van der Waals surface area contributed by atoms with Crippen molar-refractivity contribution in [2.45, 2.75) is 6.42 Å². The van der Waals surface area contributed by atoms with Crippen LogP contribution >= 0.6 is 0 Å². The first-order chi connectivity index (χ1) is 7.81. The third-order valence-corrected chi connectivity index (χ3v) is 1.64. The fourth-order valence-electron chi connectivity index (χ4n) is 0.869. The molecule has 0 aliphatic heterocycles. The molecule has 0 rings (SSSR count). The summed E-state index contributed by atoms with van der Waals surface area (Å²) in [6, 6.07) is 0. The first-order valence-electron chi connectivity index (χ1n) is 5.31. The van der Waals surface area contributed by atoms with E-state index < -0.39 is 0 Å². The molecule has 2 N–H and O–H groups in total. The topological polar surface area (TPSA) is 80.0 Å². The minimum atomic E-state index is -0.289. The second-order valence-corrected chi connectivity index (χ2v) is 2.98. The Bertz CT molecular complexity index is 165. The number of methoxy groups -OCH3 is 1. The van der Waals surface area contributed by atoms with Gasteiger partial charge in [0.2, 0.25) is 0 Å². The van der Waals surface area contributed by atoms with Gasteiger partial charge >= 0.3 is 5.97 Å². The van der Waals surface area contributed by atoms with E-state index in [0.29, 0.717) is 39.6 Å². The highest BCUT2D eigenvalue weighted by Crippen LogP contribution is 1.85. The van der Waals surface area contributed by atoms with Gasteiger partial charge in [-0.2, -0.15) is 0 Å². The number of carbonyl (C=O) groups is 1. The lowest BCUT2D eigenvalue weighted by Gasteiger charge is -2.06. The van der Waals surface area contributed by atoms with Gasteiger partial charge < -0.3 is 24.7 Å². The van der Waals surface area contributed by atoms with E-state index >= 15 is 0 Å². The fourth-order valence-corrected chi connectivity index (χ4v) is 0.869. The molecule has 0 bridgehead atoms. The number of hydrogen-bond donors (Lipinski definition) is 1. The van der Waals surface area contributed by atoms with Gasteiger partial charge in [-0.05, 0) is 0 Å². The van der Waals surface area contributed by atoms with Crippen LogP contribution in [0.4, 0.5) is 0 Å². The molecule has 6 heteroatoms. The van der Waals surface area contributed by atoms with E-state index in [4.69, 9.17) is 24.7 Å². The molecule has 0 saturated heterocycles. The second kappa shape index (κ2) is 12.4. The Morgan fingerprint density at radius 3 is 2.12 bits per heavy atom. The van der Waals surface area contributed by atoms with Crippen LogP contribution in [0.5, 0.6) is 0 Å². The van der Waals surface area contributed by atoms with Crippen LogP contribution in [0.1, 0.15) is 6.42 Å². The summed E-state index contributed by atoms with van der Waals surface area (Å²) in [6.07, 6.45) is 0.250. The highest BCUT2D eigenvalue weighted by atomic mass is 16.6. The van der Waals surface area contributed by atoms with Crippen LogP contribution in [0.15, 0.2) is 0 Å². The van der Waals surface area contributed by atoms with Gasteiger partial charge in [-0.3, -0.25) is 4.79 Å². The van der Waals surface area contributed by atoms with E-state index in [0.717, 1.165) is 0 Å². The van der Waals surface area contributed by atoms with E-state index in [1.165, 1.54) is 0 Å². The molecule has 0 aromatic carbocycles. The summed E-state index contributed by atoms with van der Waals surface area (Å²) < 4.78 is 20.0. The van der Waals surface area contributed by atoms with Gasteiger partial charge in [-0.1, -0.05) is 0 Å². The smallest absolute Gasteiger partial charge is 0.307 e. The molecule has 0 aliphatic rings. The molecule has 0 aromatic heterocycles. The van der Waals surface area contributed by atoms with Crippen LogP contribution in [0, 0.1) is 0 Å². The number of hydrogen-bond acceptors (Lipinski definition) is 6. The molecular formula is C10H21NO5. The standard InChI is InChI=1S/C10H21NO5/c1-13-4-5-14-6-7-15-8-9-16-10(12)2-3-11/h2-9,11H2,1H3. The van der Waals surface area contributed by atoms with Crippen molar-refractivity contribution in [3.63, 3.8) is 0 Å². The van der Waals surface area contributed by atoms with Gasteiger partial charge in [0.25, 0.3) is 0 Å². The largest absolute Gasteiger partial charge is 0.463 e. The van der Waals surface area contributed by atoms with Crippen molar-refractivity contribution in [1.29, 1.82) is 0 Å². The van der Waals surface area contributed by atoms with Gasteiger partial charge in [-0.25, -0.2) is 0 Å². The average molecular weight is 235 g/mol. The molecule has 16 heavy (non-hydrogen) atoms. The number of ether oxygens (including phenoxy) is 4. The molecule has 0 unspecified atom stereocenters. The van der Waals surface area contributed by atoms with Crippen LogP contribution in [-0.2, 0) is 23.7 Å². The Balaban J connectivity index is 3.01. The SMILES string of the molecule is COCCOCCOCCOC(=O)CCN. The summed E-state index contributed by atoms with van der Waals surface area (Å²) in [6.45, 7) is 3.09. The molecule has 6 nitrogen and oxygen atoms in total. The van der Waals surface area contributed by atoms with E-state index in [-0.39, 0.29) is 19.0 Å². The summed E-state index contributed by atoms with van der Waals surface area (Å²) in [7, 11) is 1.62. The van der Waals surface area contributed by atoms with Crippen LogP contribution in [0.3, 0.4) is 0 Å². The highest BCUT2D eigenvalue weighted by Gasteiger charge is 1.99. The highest BCUT2D eigenvalue weighted by molar-refractivity contribution is 5.69. The first-order valence-corrected chi connectivity index (χ1v) is 5.31. The molecule has 0 heterocycles. The van der Waals surface area contributed by atoms with E-state index in [1.54, 1.807) is 7.11 Å². The normalized spacial score (nSPS) is 10.4. The Hall–Kier alpha value is -0.690. The lowest BCUT2D eigenvalue weighted by atomic mass is 10.4. The molecule has 0 saturated carbocycles. The predicted octanol–water partition coefficient (Wildman–Crippen LogP) is -0.442. The monoisotopic (exact) mass is 235 g/mol. The number of nitrogens with two attached hydrogens (primary N) is 1. The Labute approximate surface area is 96.0 Å². The zero-order valence-electron chi connectivity index (χ0n) is 9.78. The van der Waals surface area contributed by atoms with Crippen LogP contribution < -0.4 is 5.73 Å². The zero-order valence-corrected chi connectivity index (χ0v) is 9.78. The minimum absolute atomic E-state index is 0.250. The quantitative estimate of drug-likeness (QED) is 0.386. The van der Waals surface area contributed by atoms with E-state index in [2.05, 4.69) is 0 Å². The summed E-state index contributed by atoms with van der Waals surface area (Å²) in [5.74, 6) is -0.289. The van der Waals surface area contributed by atoms with Crippen molar-refractivity contribution >= 4 is 5.97 Å². The van der Waals surface area contributed by atoms with Crippen LogP contribution in [0.2, 0.25) is 0 Å².